The predicted octanol–water partition coefficient (Wildman–Crippen LogP) is 3.25. The Bertz CT molecular complexity index is 837. The minimum atomic E-state index is -0.268. The number of benzene rings is 1. The third-order valence-electron chi connectivity index (χ3n) is 3.89. The number of aromatic nitrogens is 1. The van der Waals surface area contributed by atoms with Gasteiger partial charge in [0.25, 0.3) is 5.91 Å². The van der Waals surface area contributed by atoms with Gasteiger partial charge in [0.1, 0.15) is 0 Å². The monoisotopic (exact) mass is 345 g/mol. The molecule has 1 aliphatic carbocycles. The molecular weight excluding hydrogens is 326 g/mol. The van der Waals surface area contributed by atoms with Crippen LogP contribution in [0.15, 0.2) is 85.2 Å². The molecular formula is C21H19N3O2. The SMILES string of the molecule is O=C(Nc1ccncc1)c1ccc(CNC(=O)C2C=CC=CC=C2)cc1. The van der Waals surface area contributed by atoms with Crippen molar-refractivity contribution in [2.45, 2.75) is 6.54 Å². The summed E-state index contributed by atoms with van der Waals surface area (Å²) < 4.78 is 0. The lowest BCUT2D eigenvalue weighted by molar-refractivity contribution is -0.122. The first kappa shape index (κ1) is 17.4. The van der Waals surface area contributed by atoms with Crippen LogP contribution in [0.1, 0.15) is 15.9 Å². The van der Waals surface area contributed by atoms with E-state index < -0.39 is 0 Å². The van der Waals surface area contributed by atoms with E-state index in [0.29, 0.717) is 17.8 Å². The summed E-state index contributed by atoms with van der Waals surface area (Å²) in [6.07, 6.45) is 14.4. The molecule has 0 spiro atoms. The lowest BCUT2D eigenvalue weighted by Gasteiger charge is -2.10. The molecule has 1 heterocycles. The van der Waals surface area contributed by atoms with E-state index in [4.69, 9.17) is 0 Å². The molecule has 2 aromatic rings. The van der Waals surface area contributed by atoms with Gasteiger partial charge in [-0.2, -0.15) is 0 Å². The first-order valence-corrected chi connectivity index (χ1v) is 8.32. The van der Waals surface area contributed by atoms with Crippen molar-refractivity contribution in [3.63, 3.8) is 0 Å². The van der Waals surface area contributed by atoms with Crippen LogP contribution in [0.2, 0.25) is 0 Å². The molecule has 0 bridgehead atoms. The molecule has 130 valence electrons. The summed E-state index contributed by atoms with van der Waals surface area (Å²) in [5, 5.41) is 5.72. The Hall–Kier alpha value is -3.47. The molecule has 0 saturated carbocycles. The maximum atomic E-state index is 12.2. The quantitative estimate of drug-likeness (QED) is 0.874. The van der Waals surface area contributed by atoms with E-state index in [9.17, 15) is 9.59 Å². The smallest absolute Gasteiger partial charge is 0.255 e. The molecule has 26 heavy (non-hydrogen) atoms. The Balaban J connectivity index is 1.54. The minimum absolute atomic E-state index is 0.0549. The van der Waals surface area contributed by atoms with Gasteiger partial charge in [-0.1, -0.05) is 48.6 Å². The molecule has 1 aromatic heterocycles. The van der Waals surface area contributed by atoms with Crippen LogP contribution in [0.4, 0.5) is 5.69 Å². The lowest BCUT2D eigenvalue weighted by atomic mass is 10.1. The van der Waals surface area contributed by atoms with Crippen LogP contribution in [-0.2, 0) is 11.3 Å². The molecule has 0 saturated heterocycles. The fourth-order valence-electron chi connectivity index (χ4n) is 2.45. The Morgan fingerprint density at radius 3 is 2.19 bits per heavy atom. The number of anilines is 1. The third-order valence-corrected chi connectivity index (χ3v) is 3.89. The predicted molar refractivity (Wildman–Crippen MR) is 101 cm³/mol. The molecule has 0 aliphatic heterocycles. The highest BCUT2D eigenvalue weighted by Crippen LogP contribution is 2.10. The highest BCUT2D eigenvalue weighted by molar-refractivity contribution is 6.04. The van der Waals surface area contributed by atoms with E-state index in [1.807, 2.05) is 48.6 Å². The van der Waals surface area contributed by atoms with Crippen molar-refractivity contribution in [1.82, 2.24) is 10.3 Å². The Kier molecular flexibility index (Phi) is 5.72. The Labute approximate surface area is 152 Å². The van der Waals surface area contributed by atoms with Gasteiger partial charge in [-0.05, 0) is 29.8 Å². The molecule has 5 nitrogen and oxygen atoms in total. The number of pyridine rings is 1. The van der Waals surface area contributed by atoms with Gasteiger partial charge < -0.3 is 10.6 Å². The average Bonchev–Trinajstić information content (AvgIpc) is 2.97. The molecule has 0 atom stereocenters. The second-order valence-electron chi connectivity index (χ2n) is 5.79. The van der Waals surface area contributed by atoms with Crippen molar-refractivity contribution in [3.8, 4) is 0 Å². The molecule has 0 unspecified atom stereocenters. The van der Waals surface area contributed by atoms with Gasteiger partial charge in [0, 0.05) is 30.2 Å². The van der Waals surface area contributed by atoms with Gasteiger partial charge in [0.2, 0.25) is 5.91 Å². The van der Waals surface area contributed by atoms with Crippen LogP contribution in [0.25, 0.3) is 0 Å². The molecule has 3 rings (SSSR count). The summed E-state index contributed by atoms with van der Waals surface area (Å²) in [5.41, 5.74) is 2.18. The minimum Gasteiger partial charge on any atom is -0.351 e. The van der Waals surface area contributed by atoms with Gasteiger partial charge in [0.05, 0.1) is 5.92 Å². The standard InChI is InChI=1S/C21H19N3O2/c25-20(17-5-3-1-2-4-6-17)23-15-16-7-9-18(10-8-16)21(26)24-19-11-13-22-14-12-19/h1-14,17H,15H2,(H,23,25)(H,22,24,26). The topological polar surface area (TPSA) is 71.1 Å². The number of nitrogens with one attached hydrogen (secondary N) is 2. The zero-order valence-corrected chi connectivity index (χ0v) is 14.1. The lowest BCUT2D eigenvalue weighted by Crippen LogP contribution is -2.28. The summed E-state index contributed by atoms with van der Waals surface area (Å²) in [5.74, 6) is -0.510. The zero-order valence-electron chi connectivity index (χ0n) is 14.1. The fraction of sp³-hybridized carbons (Fsp3) is 0.0952. The van der Waals surface area contributed by atoms with E-state index in [0.717, 1.165) is 5.56 Å². The van der Waals surface area contributed by atoms with Crippen molar-refractivity contribution in [2.24, 2.45) is 5.92 Å². The second kappa shape index (κ2) is 8.58. The van der Waals surface area contributed by atoms with Gasteiger partial charge in [-0.25, -0.2) is 0 Å². The normalized spacial score (nSPS) is 13.2. The number of allylic oxidation sites excluding steroid dienone is 4. The van der Waals surface area contributed by atoms with Gasteiger partial charge in [0.15, 0.2) is 0 Å². The van der Waals surface area contributed by atoms with Crippen molar-refractivity contribution < 1.29 is 9.59 Å². The summed E-state index contributed by atoms with van der Waals surface area (Å²) >= 11 is 0. The van der Waals surface area contributed by atoms with Crippen molar-refractivity contribution in [1.29, 1.82) is 0 Å². The van der Waals surface area contributed by atoms with Crippen LogP contribution in [0.5, 0.6) is 0 Å². The molecule has 2 amide bonds. The Morgan fingerprint density at radius 1 is 0.885 bits per heavy atom. The third kappa shape index (κ3) is 4.77. The summed E-state index contributed by atoms with van der Waals surface area (Å²) in [6, 6.07) is 10.6. The molecule has 2 N–H and O–H groups in total. The fourth-order valence-corrected chi connectivity index (χ4v) is 2.45. The Morgan fingerprint density at radius 2 is 1.54 bits per heavy atom. The number of carbonyl (C=O) groups is 2. The average molecular weight is 345 g/mol. The second-order valence-corrected chi connectivity index (χ2v) is 5.79. The first-order valence-electron chi connectivity index (χ1n) is 8.32. The highest BCUT2D eigenvalue weighted by atomic mass is 16.2. The number of amides is 2. The van der Waals surface area contributed by atoms with Crippen LogP contribution < -0.4 is 10.6 Å². The van der Waals surface area contributed by atoms with Gasteiger partial charge in [-0.3, -0.25) is 14.6 Å². The van der Waals surface area contributed by atoms with Gasteiger partial charge in [-0.15, -0.1) is 0 Å². The number of rotatable bonds is 5. The van der Waals surface area contributed by atoms with E-state index in [-0.39, 0.29) is 17.7 Å². The van der Waals surface area contributed by atoms with Crippen LogP contribution >= 0.6 is 0 Å². The molecule has 1 aliphatic rings. The summed E-state index contributed by atoms with van der Waals surface area (Å²) in [6.45, 7) is 0.413. The van der Waals surface area contributed by atoms with Crippen LogP contribution in [0, 0.1) is 5.92 Å². The van der Waals surface area contributed by atoms with Crippen LogP contribution in [-0.4, -0.2) is 16.8 Å². The molecule has 0 fully saturated rings. The molecule has 0 radical (unpaired) electrons. The van der Waals surface area contributed by atoms with Crippen molar-refractivity contribution in [3.05, 3.63) is 96.4 Å². The first-order chi connectivity index (χ1) is 12.7. The molecule has 5 heteroatoms. The summed E-state index contributed by atoms with van der Waals surface area (Å²) in [7, 11) is 0. The maximum Gasteiger partial charge on any atom is 0.255 e. The van der Waals surface area contributed by atoms with E-state index >= 15 is 0 Å². The van der Waals surface area contributed by atoms with Crippen LogP contribution in [0.3, 0.4) is 0 Å². The van der Waals surface area contributed by atoms with Gasteiger partial charge >= 0.3 is 0 Å². The number of hydrogen-bond acceptors (Lipinski definition) is 3. The number of nitrogens with zero attached hydrogens (tertiary/aromatic N) is 1. The largest absolute Gasteiger partial charge is 0.351 e. The molecule has 1 aromatic carbocycles. The van der Waals surface area contributed by atoms with E-state index in [2.05, 4.69) is 15.6 Å². The van der Waals surface area contributed by atoms with E-state index in [1.165, 1.54) is 0 Å². The summed E-state index contributed by atoms with van der Waals surface area (Å²) in [4.78, 5) is 28.3. The number of carbonyl (C=O) groups excluding carboxylic acids is 2. The van der Waals surface area contributed by atoms with Crippen molar-refractivity contribution in [2.75, 3.05) is 5.32 Å². The number of hydrogen-bond donors (Lipinski definition) is 2. The van der Waals surface area contributed by atoms with E-state index in [1.54, 1.807) is 36.7 Å². The maximum absolute atomic E-state index is 12.2. The van der Waals surface area contributed by atoms with Crippen molar-refractivity contribution >= 4 is 17.5 Å². The zero-order chi connectivity index (χ0) is 18.2. The highest BCUT2D eigenvalue weighted by Gasteiger charge is 2.12.